The molecule has 13 aromatic carbocycles. The van der Waals surface area contributed by atoms with Crippen molar-refractivity contribution in [3.05, 3.63) is 429 Å². The third kappa shape index (κ3) is 21.2. The zero-order valence-corrected chi connectivity index (χ0v) is 60.7. The third-order valence-corrected chi connectivity index (χ3v) is 26.2. The predicted octanol–water partition coefficient (Wildman–Crippen LogP) is 17.7. The average Bonchev–Trinajstić information content (AvgIpc) is 1.20. The molecule has 0 aliphatic carbocycles. The zero-order valence-electron chi connectivity index (χ0n) is 54.8. The van der Waals surface area contributed by atoms with Crippen LogP contribution in [0.2, 0.25) is 0 Å². The molecular weight excluding hydrogens is 1390 g/mol. The van der Waals surface area contributed by atoms with Crippen LogP contribution in [-0.4, -0.2) is 10.9 Å². The molecule has 2 aromatic heterocycles. The first-order valence-electron chi connectivity index (χ1n) is 32.4. The van der Waals surface area contributed by atoms with Crippen molar-refractivity contribution in [3.63, 3.8) is 0 Å². The molecule has 0 unspecified atom stereocenters. The number of anilines is 2. The van der Waals surface area contributed by atoms with E-state index in [4.69, 9.17) is 5.73 Å². The van der Waals surface area contributed by atoms with Crippen LogP contribution in [0.25, 0.3) is 10.6 Å². The van der Waals surface area contributed by atoms with E-state index in [1.54, 1.807) is 35.7 Å². The molecule has 4 nitrogen and oxygen atoms in total. The summed E-state index contributed by atoms with van der Waals surface area (Å²) < 4.78 is 0. The van der Waals surface area contributed by atoms with Crippen molar-refractivity contribution in [3.8, 4) is 10.6 Å². The first kappa shape index (κ1) is 72.1. The van der Waals surface area contributed by atoms with E-state index in [1.165, 1.54) is 63.7 Å². The monoisotopic (exact) mass is 1460 g/mol. The van der Waals surface area contributed by atoms with E-state index in [0.717, 1.165) is 16.1 Å². The molecule has 0 radical (unpaired) electrons. The summed E-state index contributed by atoms with van der Waals surface area (Å²) >= 11 is 1.59. The Morgan fingerprint density at radius 1 is 0.313 bits per heavy atom. The number of nitrogens with two attached hydrogens (primary N) is 1. The minimum absolute atomic E-state index is 0. The Hall–Kier alpha value is -9.64. The van der Waals surface area contributed by atoms with E-state index < -0.39 is 31.7 Å². The Labute approximate surface area is 607 Å². The quantitative estimate of drug-likeness (QED) is 0.0611. The molecule has 0 atom stereocenters. The molecule has 0 aliphatic rings. The first-order chi connectivity index (χ1) is 48.4. The predicted molar refractivity (Wildman–Crippen MR) is 432 cm³/mol. The number of aromatic nitrogens is 1. The molecule has 1 amide bonds. The molecule has 2 heterocycles. The molecule has 15 rings (SSSR count). The molecule has 99 heavy (non-hydrogen) atoms. The second kappa shape index (κ2) is 39.1. The van der Waals surface area contributed by atoms with E-state index in [9.17, 15) is 4.79 Å². The van der Waals surface area contributed by atoms with E-state index in [2.05, 4.69) is 374 Å². The summed E-state index contributed by atoms with van der Waals surface area (Å²) in [5.41, 5.74) is 9.56. The van der Waals surface area contributed by atoms with Crippen LogP contribution in [-0.2, 0) is 20.4 Å². The zero-order chi connectivity index (χ0) is 67.2. The van der Waals surface area contributed by atoms with Crippen LogP contribution in [0.3, 0.4) is 0 Å². The fraction of sp³-hybridized carbons (Fsp3) is 0.0112. The maximum atomic E-state index is 12.4. The standard InChI is InChI=1S/4C18H15P.C17H15N3OS.Pd/c4*1-4-10-16(11-5-1)19(17-12-6-2-7-13-17)18-14-8-3-9-15-18;1-11-4-5-13(10-14(11)18)20-17(21)12-6-7-19-15(9-12)16-3-2-8-22-16;/h4*1-15H;2-10H,18H2,1H3,(H,20,21);. The molecule has 0 fully saturated rings. The van der Waals surface area contributed by atoms with E-state index in [-0.39, 0.29) is 26.3 Å². The number of aryl methyl sites for hydroxylation is 1. The maximum absolute atomic E-state index is 12.4. The van der Waals surface area contributed by atoms with Gasteiger partial charge in [0.25, 0.3) is 5.91 Å². The van der Waals surface area contributed by atoms with Crippen molar-refractivity contribution in [1.82, 2.24) is 4.98 Å². The second-order valence-corrected chi connectivity index (χ2v) is 32.1. The number of nitrogen functional groups attached to an aromatic ring is 1. The minimum atomic E-state index is -0.446. The molecule has 10 heteroatoms. The molecule has 0 spiro atoms. The van der Waals surface area contributed by atoms with Crippen LogP contribution in [0.5, 0.6) is 0 Å². The van der Waals surface area contributed by atoms with Gasteiger partial charge in [0.1, 0.15) is 0 Å². The van der Waals surface area contributed by atoms with Gasteiger partial charge in [-0.25, -0.2) is 0 Å². The fourth-order valence-electron chi connectivity index (χ4n) is 10.8. The Morgan fingerprint density at radius 2 is 0.556 bits per heavy atom. The van der Waals surface area contributed by atoms with Crippen molar-refractivity contribution < 1.29 is 25.2 Å². The number of carbonyl (C=O) groups is 1. The summed E-state index contributed by atoms with van der Waals surface area (Å²) in [5.74, 6) is -0.177. The number of hydrogen-bond donors (Lipinski definition) is 2. The van der Waals surface area contributed by atoms with Gasteiger partial charge in [-0.05, 0) is 144 Å². The topological polar surface area (TPSA) is 68.0 Å². The number of rotatable bonds is 15. The van der Waals surface area contributed by atoms with E-state index >= 15 is 0 Å². The number of benzene rings is 13. The molecule has 0 saturated carbocycles. The Bertz CT molecular complexity index is 3880. The van der Waals surface area contributed by atoms with Gasteiger partial charge in [-0.15, -0.1) is 11.3 Å². The van der Waals surface area contributed by atoms with Gasteiger partial charge in [-0.3, -0.25) is 9.78 Å². The van der Waals surface area contributed by atoms with Crippen molar-refractivity contribution >= 4 is 124 Å². The molecular formula is C89H75N3OP4PdS. The van der Waals surface area contributed by atoms with Crippen molar-refractivity contribution in [2.24, 2.45) is 0 Å². The van der Waals surface area contributed by atoms with Gasteiger partial charge >= 0.3 is 0 Å². The van der Waals surface area contributed by atoms with Crippen molar-refractivity contribution in [2.75, 3.05) is 11.1 Å². The van der Waals surface area contributed by atoms with Gasteiger partial charge in [0.15, 0.2) is 0 Å². The fourth-order valence-corrected chi connectivity index (χ4v) is 20.7. The summed E-state index contributed by atoms with van der Waals surface area (Å²) in [6.45, 7) is 1.93. The molecule has 0 aliphatic heterocycles. The number of hydrogen-bond acceptors (Lipinski definition) is 4. The van der Waals surface area contributed by atoms with E-state index in [1.807, 2.05) is 36.6 Å². The Kier molecular flexibility index (Phi) is 28.5. The van der Waals surface area contributed by atoms with Gasteiger partial charge in [0.2, 0.25) is 0 Å². The normalized spacial score (nSPS) is 10.4. The van der Waals surface area contributed by atoms with Crippen molar-refractivity contribution in [1.29, 1.82) is 0 Å². The van der Waals surface area contributed by atoms with Crippen LogP contribution in [0.4, 0.5) is 11.4 Å². The van der Waals surface area contributed by atoms with Crippen LogP contribution in [0.15, 0.2) is 418 Å². The molecule has 3 N–H and O–H groups in total. The largest absolute Gasteiger partial charge is 0.398 e. The molecule has 0 saturated heterocycles. The second-order valence-electron chi connectivity index (χ2n) is 22.3. The van der Waals surface area contributed by atoms with Gasteiger partial charge in [-0.2, -0.15) is 0 Å². The average molecular weight is 1460 g/mol. The number of carbonyl (C=O) groups excluding carboxylic acids is 1. The summed E-state index contributed by atoms with van der Waals surface area (Å²) in [6, 6.07) is 142. The van der Waals surface area contributed by atoms with Crippen LogP contribution < -0.4 is 74.7 Å². The number of nitrogens with one attached hydrogen (secondary N) is 1. The van der Waals surface area contributed by atoms with Crippen LogP contribution >= 0.6 is 43.0 Å². The number of nitrogens with zero attached hydrogens (tertiary/aromatic N) is 1. The molecule has 488 valence electrons. The smallest absolute Gasteiger partial charge is 0.255 e. The van der Waals surface area contributed by atoms with Gasteiger partial charge in [-0.1, -0.05) is 376 Å². The summed E-state index contributed by atoms with van der Waals surface area (Å²) in [5, 5.41) is 21.6. The third-order valence-electron chi connectivity index (χ3n) is 15.5. The van der Waals surface area contributed by atoms with Crippen molar-refractivity contribution in [2.45, 2.75) is 6.92 Å². The number of pyridine rings is 1. The summed E-state index contributed by atoms with van der Waals surface area (Å²) in [4.78, 5) is 17.7. The summed E-state index contributed by atoms with van der Waals surface area (Å²) in [7, 11) is -1.78. The van der Waals surface area contributed by atoms with Gasteiger partial charge < -0.3 is 11.1 Å². The molecule has 0 bridgehead atoms. The summed E-state index contributed by atoms with van der Waals surface area (Å²) in [6.07, 6.45) is 1.65. The molecule has 15 aromatic rings. The van der Waals surface area contributed by atoms with Gasteiger partial charge in [0, 0.05) is 43.6 Å². The minimum Gasteiger partial charge on any atom is -0.398 e. The van der Waals surface area contributed by atoms with E-state index in [0.29, 0.717) is 16.9 Å². The Morgan fingerprint density at radius 3 is 0.768 bits per heavy atom. The first-order valence-corrected chi connectivity index (χ1v) is 38.7. The van der Waals surface area contributed by atoms with Crippen LogP contribution in [0.1, 0.15) is 15.9 Å². The maximum Gasteiger partial charge on any atom is 0.255 e. The van der Waals surface area contributed by atoms with Gasteiger partial charge in [0.05, 0.1) is 10.6 Å². The SMILES string of the molecule is Cc1ccc(NC(=O)c2ccnc(-c3cccs3)c2)cc1N.[Pd].c1ccc(P(c2ccccc2)c2ccccc2)cc1.c1ccc(P(c2ccccc2)c2ccccc2)cc1.c1ccc(P(c2ccccc2)c2ccccc2)cc1.c1ccc(P(c2ccccc2)c2ccccc2)cc1. The van der Waals surface area contributed by atoms with Crippen LogP contribution in [0, 0.1) is 6.92 Å². The number of thiophene rings is 1. The Balaban J connectivity index is 0.000000134. The number of amides is 1.